The fraction of sp³-hybridized carbons (Fsp3) is 0.632. The molecule has 6 nitrogen and oxygen atoms in total. The monoisotopic (exact) mass is 382 g/mol. The van der Waals surface area contributed by atoms with E-state index in [2.05, 4.69) is 12.2 Å². The zero-order valence-corrected chi connectivity index (χ0v) is 16.6. The molecule has 1 heterocycles. The van der Waals surface area contributed by atoms with Gasteiger partial charge in [-0.1, -0.05) is 26.2 Å². The highest BCUT2D eigenvalue weighted by molar-refractivity contribution is 7.89. The Kier molecular flexibility index (Phi) is 7.90. The first kappa shape index (κ1) is 20.7. The molecule has 1 aliphatic heterocycles. The van der Waals surface area contributed by atoms with E-state index in [9.17, 15) is 13.2 Å². The van der Waals surface area contributed by atoms with Crippen LogP contribution >= 0.6 is 0 Å². The predicted octanol–water partition coefficient (Wildman–Crippen LogP) is 2.85. The first-order valence-electron chi connectivity index (χ1n) is 9.45. The van der Waals surface area contributed by atoms with Crippen LogP contribution in [-0.4, -0.2) is 44.9 Å². The molecule has 0 aromatic heterocycles. The molecule has 26 heavy (non-hydrogen) atoms. The van der Waals surface area contributed by atoms with Gasteiger partial charge >= 0.3 is 0 Å². The standard InChI is InChI=1S/C19H30N2O4S/c1-3-4-6-11-20-19(22)15-25-18-10-9-17(14-16(18)2)26(23,24)21-12-7-5-8-13-21/h9-10,14H,3-8,11-13,15H2,1-2H3,(H,20,22). The largest absolute Gasteiger partial charge is 0.484 e. The number of benzene rings is 1. The fourth-order valence-electron chi connectivity index (χ4n) is 3.00. The van der Waals surface area contributed by atoms with Gasteiger partial charge in [-0.15, -0.1) is 0 Å². The zero-order valence-electron chi connectivity index (χ0n) is 15.8. The normalized spacial score (nSPS) is 15.6. The van der Waals surface area contributed by atoms with E-state index in [0.29, 0.717) is 30.9 Å². The average molecular weight is 383 g/mol. The average Bonchev–Trinajstić information content (AvgIpc) is 2.65. The summed E-state index contributed by atoms with van der Waals surface area (Å²) in [5.41, 5.74) is 0.710. The number of carbonyl (C=O) groups excluding carboxylic acids is 1. The number of sulfonamides is 1. The van der Waals surface area contributed by atoms with E-state index in [4.69, 9.17) is 4.74 Å². The molecule has 1 fully saturated rings. The number of hydrogen-bond donors (Lipinski definition) is 1. The quantitative estimate of drug-likeness (QED) is 0.667. The number of rotatable bonds is 9. The highest BCUT2D eigenvalue weighted by Crippen LogP contribution is 2.25. The van der Waals surface area contributed by atoms with Gasteiger partial charge in [0.15, 0.2) is 6.61 Å². The first-order chi connectivity index (χ1) is 12.4. The van der Waals surface area contributed by atoms with E-state index >= 15 is 0 Å². The molecule has 7 heteroatoms. The van der Waals surface area contributed by atoms with Gasteiger partial charge in [0.25, 0.3) is 5.91 Å². The maximum absolute atomic E-state index is 12.7. The van der Waals surface area contributed by atoms with E-state index in [-0.39, 0.29) is 17.4 Å². The van der Waals surface area contributed by atoms with E-state index in [1.165, 1.54) is 0 Å². The second-order valence-electron chi connectivity index (χ2n) is 6.74. The summed E-state index contributed by atoms with van der Waals surface area (Å²) in [7, 11) is -3.45. The van der Waals surface area contributed by atoms with Crippen LogP contribution in [0.2, 0.25) is 0 Å². The van der Waals surface area contributed by atoms with E-state index in [1.54, 1.807) is 29.4 Å². The molecule has 146 valence electrons. The van der Waals surface area contributed by atoms with E-state index < -0.39 is 10.0 Å². The van der Waals surface area contributed by atoms with Crippen molar-refractivity contribution in [3.8, 4) is 5.75 Å². The Labute approximate surface area is 157 Å². The van der Waals surface area contributed by atoms with Crippen LogP contribution in [0.25, 0.3) is 0 Å². The Morgan fingerprint density at radius 2 is 1.92 bits per heavy atom. The lowest BCUT2D eigenvalue weighted by Crippen LogP contribution is -2.35. The molecule has 1 aliphatic rings. The van der Waals surface area contributed by atoms with E-state index in [0.717, 1.165) is 38.5 Å². The van der Waals surface area contributed by atoms with Crippen molar-refractivity contribution >= 4 is 15.9 Å². The maximum atomic E-state index is 12.7. The highest BCUT2D eigenvalue weighted by Gasteiger charge is 2.26. The lowest BCUT2D eigenvalue weighted by atomic mass is 10.2. The van der Waals surface area contributed by atoms with Crippen molar-refractivity contribution in [2.45, 2.75) is 57.3 Å². The maximum Gasteiger partial charge on any atom is 0.257 e. The van der Waals surface area contributed by atoms with Crippen LogP contribution in [0.3, 0.4) is 0 Å². The van der Waals surface area contributed by atoms with Crippen LogP contribution < -0.4 is 10.1 Å². The number of nitrogens with one attached hydrogen (secondary N) is 1. The summed E-state index contributed by atoms with van der Waals surface area (Å²) in [4.78, 5) is 12.1. The molecule has 2 rings (SSSR count). The third-order valence-corrected chi connectivity index (χ3v) is 6.46. The van der Waals surface area contributed by atoms with Crippen molar-refractivity contribution in [2.75, 3.05) is 26.2 Å². The fourth-order valence-corrected chi connectivity index (χ4v) is 4.60. The van der Waals surface area contributed by atoms with Gasteiger partial charge in [-0.05, 0) is 49.9 Å². The molecule has 1 aromatic rings. The zero-order chi connectivity index (χ0) is 19.0. The minimum atomic E-state index is -3.45. The predicted molar refractivity (Wildman–Crippen MR) is 102 cm³/mol. The van der Waals surface area contributed by atoms with Gasteiger partial charge in [0.1, 0.15) is 5.75 Å². The number of carbonyl (C=O) groups is 1. The summed E-state index contributed by atoms with van der Waals surface area (Å²) in [6, 6.07) is 4.82. The van der Waals surface area contributed by atoms with Gasteiger partial charge in [-0.2, -0.15) is 4.31 Å². The van der Waals surface area contributed by atoms with Crippen molar-refractivity contribution in [3.63, 3.8) is 0 Å². The third-order valence-electron chi connectivity index (χ3n) is 4.56. The van der Waals surface area contributed by atoms with Gasteiger partial charge in [0, 0.05) is 19.6 Å². The molecule has 0 saturated carbocycles. The van der Waals surface area contributed by atoms with Gasteiger partial charge in [-0.3, -0.25) is 4.79 Å². The van der Waals surface area contributed by atoms with Crippen molar-refractivity contribution in [1.82, 2.24) is 9.62 Å². The Balaban J connectivity index is 1.93. The van der Waals surface area contributed by atoms with Crippen LogP contribution in [-0.2, 0) is 14.8 Å². The number of ether oxygens (including phenoxy) is 1. The Hall–Kier alpha value is -1.60. The Morgan fingerprint density at radius 3 is 2.58 bits per heavy atom. The number of nitrogens with zero attached hydrogens (tertiary/aromatic N) is 1. The van der Waals surface area contributed by atoms with Crippen LogP contribution in [0.1, 0.15) is 51.0 Å². The number of piperidine rings is 1. The highest BCUT2D eigenvalue weighted by atomic mass is 32.2. The summed E-state index contributed by atoms with van der Waals surface area (Å²) in [6.45, 7) is 5.66. The summed E-state index contributed by atoms with van der Waals surface area (Å²) >= 11 is 0. The Morgan fingerprint density at radius 1 is 1.19 bits per heavy atom. The first-order valence-corrected chi connectivity index (χ1v) is 10.9. The topological polar surface area (TPSA) is 75.7 Å². The third kappa shape index (κ3) is 5.71. The summed E-state index contributed by atoms with van der Waals surface area (Å²) in [5, 5.41) is 2.82. The molecule has 0 bridgehead atoms. The van der Waals surface area contributed by atoms with E-state index in [1.807, 2.05) is 0 Å². The lowest BCUT2D eigenvalue weighted by molar-refractivity contribution is -0.123. The second kappa shape index (κ2) is 9.92. The molecule has 0 atom stereocenters. The molecular weight excluding hydrogens is 352 g/mol. The molecular formula is C19H30N2O4S. The number of amides is 1. The summed E-state index contributed by atoms with van der Waals surface area (Å²) in [6.07, 6.45) is 6.06. The van der Waals surface area contributed by atoms with Gasteiger partial charge in [0.05, 0.1) is 4.90 Å². The van der Waals surface area contributed by atoms with Crippen molar-refractivity contribution < 1.29 is 17.9 Å². The minimum absolute atomic E-state index is 0.0643. The van der Waals surface area contributed by atoms with Crippen LogP contribution in [0.5, 0.6) is 5.75 Å². The minimum Gasteiger partial charge on any atom is -0.484 e. The van der Waals surface area contributed by atoms with Crippen LogP contribution in [0.15, 0.2) is 23.1 Å². The van der Waals surface area contributed by atoms with Crippen LogP contribution in [0, 0.1) is 6.92 Å². The molecule has 1 N–H and O–H groups in total. The molecule has 0 unspecified atom stereocenters. The molecule has 0 spiro atoms. The van der Waals surface area contributed by atoms with Gasteiger partial charge in [0.2, 0.25) is 10.0 Å². The van der Waals surface area contributed by atoms with Gasteiger partial charge in [-0.25, -0.2) is 8.42 Å². The van der Waals surface area contributed by atoms with Gasteiger partial charge < -0.3 is 10.1 Å². The molecule has 0 radical (unpaired) electrons. The van der Waals surface area contributed by atoms with Crippen LogP contribution in [0.4, 0.5) is 0 Å². The number of aryl methyl sites for hydroxylation is 1. The Bertz CT molecular complexity index is 697. The molecule has 1 aromatic carbocycles. The summed E-state index contributed by atoms with van der Waals surface area (Å²) in [5.74, 6) is 0.372. The SMILES string of the molecule is CCCCCNC(=O)COc1ccc(S(=O)(=O)N2CCCCC2)cc1C. The molecule has 1 saturated heterocycles. The molecule has 0 aliphatic carbocycles. The molecule has 1 amide bonds. The van der Waals surface area contributed by atoms with Crippen molar-refractivity contribution in [3.05, 3.63) is 23.8 Å². The number of hydrogen-bond acceptors (Lipinski definition) is 4. The van der Waals surface area contributed by atoms with Crippen molar-refractivity contribution in [1.29, 1.82) is 0 Å². The lowest BCUT2D eigenvalue weighted by Gasteiger charge is -2.26. The van der Waals surface area contributed by atoms with Crippen molar-refractivity contribution in [2.24, 2.45) is 0 Å². The second-order valence-corrected chi connectivity index (χ2v) is 8.68. The smallest absolute Gasteiger partial charge is 0.257 e. The summed E-state index contributed by atoms with van der Waals surface area (Å²) < 4.78 is 32.5. The number of unbranched alkanes of at least 4 members (excludes halogenated alkanes) is 2.